The van der Waals surface area contributed by atoms with Gasteiger partial charge in [-0.25, -0.2) is 0 Å². The van der Waals surface area contributed by atoms with Gasteiger partial charge in [-0.3, -0.25) is 0 Å². The van der Waals surface area contributed by atoms with E-state index in [1.165, 1.54) is 61.3 Å². The van der Waals surface area contributed by atoms with Gasteiger partial charge in [0.1, 0.15) is 0 Å². The van der Waals surface area contributed by atoms with Crippen molar-refractivity contribution in [1.82, 2.24) is 0 Å². The first-order valence-corrected chi connectivity index (χ1v) is 18.4. The van der Waals surface area contributed by atoms with Crippen molar-refractivity contribution in [1.29, 1.82) is 0 Å². The molecular weight excluding hydrogens is 615 g/mol. The van der Waals surface area contributed by atoms with Crippen LogP contribution in [0.2, 0.25) is 0 Å². The van der Waals surface area contributed by atoms with Crippen LogP contribution in [0.1, 0.15) is 37.3 Å². The van der Waals surface area contributed by atoms with Crippen molar-refractivity contribution >= 4 is 17.1 Å². The molecule has 51 heavy (non-hydrogen) atoms. The number of hydrogen-bond donors (Lipinski definition) is 0. The first-order chi connectivity index (χ1) is 25.2. The molecule has 0 heterocycles. The highest BCUT2D eigenvalue weighted by Gasteiger charge is 2.53. The number of nitrogens with zero attached hydrogens (tertiary/aromatic N) is 1. The summed E-state index contributed by atoms with van der Waals surface area (Å²) in [6.07, 6.45) is 13.0. The fourth-order valence-corrected chi connectivity index (χ4v) is 9.30. The van der Waals surface area contributed by atoms with Crippen LogP contribution in [-0.2, 0) is 5.41 Å². The summed E-state index contributed by atoms with van der Waals surface area (Å²) in [6.45, 7) is 2.36. The molecule has 0 N–H and O–H groups in total. The highest BCUT2D eigenvalue weighted by Crippen LogP contribution is 2.65. The summed E-state index contributed by atoms with van der Waals surface area (Å²) in [5.41, 5.74) is 19.8. The summed E-state index contributed by atoms with van der Waals surface area (Å²) < 4.78 is 0. The van der Waals surface area contributed by atoms with Crippen molar-refractivity contribution in [3.05, 3.63) is 209 Å². The Kier molecular flexibility index (Phi) is 6.96. The molecule has 4 aliphatic rings. The van der Waals surface area contributed by atoms with E-state index in [1.807, 2.05) is 0 Å². The minimum absolute atomic E-state index is 0.270. The fraction of sp³-hybridized carbons (Fsp3) is 0.120. The van der Waals surface area contributed by atoms with E-state index in [4.69, 9.17) is 0 Å². The molecule has 0 aromatic heterocycles. The van der Waals surface area contributed by atoms with Gasteiger partial charge in [-0.1, -0.05) is 146 Å². The van der Waals surface area contributed by atoms with Crippen LogP contribution in [-0.4, -0.2) is 0 Å². The van der Waals surface area contributed by atoms with Crippen LogP contribution < -0.4 is 4.90 Å². The molecule has 2 atom stereocenters. The van der Waals surface area contributed by atoms with Crippen LogP contribution >= 0.6 is 0 Å². The standard InChI is InChI=1S/C50H39N/c1-34-20-31-48-45(32-34)43-17-9-11-19-47(43)50(48)46-18-10-8-16-42(46)44-30-29-41(33-49(44)50)51(39-25-21-37(22-26-39)35-12-4-2-5-13-35)40-27-23-38(24-28-40)36-14-6-3-7-15-36/h2-10,12-18,20-31,33-34H,11,19,32H2,1H3. The van der Waals surface area contributed by atoms with Crippen molar-refractivity contribution in [2.75, 3.05) is 4.90 Å². The second-order valence-electron chi connectivity index (χ2n) is 14.5. The van der Waals surface area contributed by atoms with E-state index < -0.39 is 0 Å². The Balaban J connectivity index is 1.17. The van der Waals surface area contributed by atoms with E-state index in [0.717, 1.165) is 30.6 Å². The minimum atomic E-state index is -0.270. The Morgan fingerprint density at radius 2 is 1.12 bits per heavy atom. The number of hydrogen-bond acceptors (Lipinski definition) is 1. The average Bonchev–Trinajstić information content (AvgIpc) is 3.66. The molecule has 1 nitrogen and oxygen atoms in total. The highest BCUT2D eigenvalue weighted by molar-refractivity contribution is 5.92. The predicted octanol–water partition coefficient (Wildman–Crippen LogP) is 13.3. The maximum Gasteiger partial charge on any atom is 0.0685 e. The third-order valence-corrected chi connectivity index (χ3v) is 11.5. The van der Waals surface area contributed by atoms with Gasteiger partial charge in [0.2, 0.25) is 0 Å². The van der Waals surface area contributed by atoms with Crippen molar-refractivity contribution in [3.63, 3.8) is 0 Å². The lowest BCUT2D eigenvalue weighted by Crippen LogP contribution is -2.29. The maximum absolute atomic E-state index is 2.52. The molecule has 10 rings (SSSR count). The molecule has 0 fully saturated rings. The van der Waals surface area contributed by atoms with Crippen molar-refractivity contribution < 1.29 is 0 Å². The van der Waals surface area contributed by atoms with E-state index >= 15 is 0 Å². The molecule has 0 saturated carbocycles. The molecule has 6 aromatic carbocycles. The van der Waals surface area contributed by atoms with Crippen molar-refractivity contribution in [3.8, 4) is 33.4 Å². The van der Waals surface area contributed by atoms with Crippen LogP contribution in [0, 0.1) is 5.92 Å². The molecule has 244 valence electrons. The van der Waals surface area contributed by atoms with Gasteiger partial charge in [0.05, 0.1) is 5.41 Å². The average molecular weight is 654 g/mol. The third-order valence-electron chi connectivity index (χ3n) is 11.5. The molecule has 0 saturated heterocycles. The van der Waals surface area contributed by atoms with Gasteiger partial charge in [-0.15, -0.1) is 0 Å². The van der Waals surface area contributed by atoms with Crippen LogP contribution in [0.3, 0.4) is 0 Å². The topological polar surface area (TPSA) is 3.24 Å². The number of allylic oxidation sites excluding steroid dienone is 8. The van der Waals surface area contributed by atoms with Gasteiger partial charge in [0.15, 0.2) is 0 Å². The number of benzene rings is 6. The molecule has 0 aliphatic heterocycles. The summed E-state index contributed by atoms with van der Waals surface area (Å²) in [5, 5.41) is 0. The molecule has 2 unspecified atom stereocenters. The first kappa shape index (κ1) is 29.9. The molecule has 1 spiro atoms. The Bertz CT molecular complexity index is 2340. The summed E-state index contributed by atoms with van der Waals surface area (Å²) in [7, 11) is 0. The van der Waals surface area contributed by atoms with Gasteiger partial charge >= 0.3 is 0 Å². The van der Waals surface area contributed by atoms with Crippen LogP contribution in [0.15, 0.2) is 198 Å². The Morgan fingerprint density at radius 1 is 0.549 bits per heavy atom. The van der Waals surface area contributed by atoms with Gasteiger partial charge < -0.3 is 4.90 Å². The van der Waals surface area contributed by atoms with E-state index in [-0.39, 0.29) is 5.41 Å². The predicted molar refractivity (Wildman–Crippen MR) is 214 cm³/mol. The molecule has 6 aromatic rings. The highest BCUT2D eigenvalue weighted by atomic mass is 15.1. The van der Waals surface area contributed by atoms with E-state index in [0.29, 0.717) is 5.92 Å². The van der Waals surface area contributed by atoms with Gasteiger partial charge in [-0.05, 0) is 128 Å². The Hall–Kier alpha value is -5.92. The normalized spacial score (nSPS) is 19.6. The molecule has 1 heteroatoms. The molecule has 0 bridgehead atoms. The smallest absolute Gasteiger partial charge is 0.0685 e. The summed E-state index contributed by atoms with van der Waals surface area (Å²) >= 11 is 0. The number of rotatable bonds is 5. The SMILES string of the molecule is CC1C=CC2=C(C1)C1=C(CCC=C1)C21c2ccccc2-c2ccc(N(c3ccc(-c4ccccc4)cc3)c3ccc(-c4ccccc4)cc3)cc21. The monoisotopic (exact) mass is 653 g/mol. The quantitative estimate of drug-likeness (QED) is 0.179. The molecule has 0 amide bonds. The minimum Gasteiger partial charge on any atom is -0.310 e. The summed E-state index contributed by atoms with van der Waals surface area (Å²) in [4.78, 5) is 2.44. The second kappa shape index (κ2) is 11.9. The first-order valence-electron chi connectivity index (χ1n) is 18.4. The summed E-state index contributed by atoms with van der Waals surface area (Å²) in [6, 6.07) is 55.9. The largest absolute Gasteiger partial charge is 0.310 e. The Morgan fingerprint density at radius 3 is 1.78 bits per heavy atom. The lowest BCUT2D eigenvalue weighted by atomic mass is 9.66. The zero-order valence-corrected chi connectivity index (χ0v) is 28.9. The van der Waals surface area contributed by atoms with Gasteiger partial charge in [0, 0.05) is 17.1 Å². The van der Waals surface area contributed by atoms with Crippen LogP contribution in [0.4, 0.5) is 17.1 Å². The third kappa shape index (κ3) is 4.61. The molecule has 0 radical (unpaired) electrons. The van der Waals surface area contributed by atoms with Crippen molar-refractivity contribution in [2.45, 2.75) is 31.6 Å². The van der Waals surface area contributed by atoms with Gasteiger partial charge in [-0.2, -0.15) is 0 Å². The van der Waals surface area contributed by atoms with E-state index in [2.05, 4.69) is 188 Å². The summed E-state index contributed by atoms with van der Waals surface area (Å²) in [5.74, 6) is 0.540. The lowest BCUT2D eigenvalue weighted by molar-refractivity contribution is 0.676. The second-order valence-corrected chi connectivity index (χ2v) is 14.5. The molecular formula is C50H39N. The zero-order chi connectivity index (χ0) is 33.9. The fourth-order valence-electron chi connectivity index (χ4n) is 9.30. The number of fused-ring (bicyclic) bond motifs is 8. The van der Waals surface area contributed by atoms with Gasteiger partial charge in [0.25, 0.3) is 0 Å². The van der Waals surface area contributed by atoms with Crippen LogP contribution in [0.25, 0.3) is 33.4 Å². The molecule has 4 aliphatic carbocycles. The van der Waals surface area contributed by atoms with Crippen molar-refractivity contribution in [2.24, 2.45) is 5.92 Å². The lowest BCUT2D eigenvalue weighted by Gasteiger charge is -2.36. The van der Waals surface area contributed by atoms with E-state index in [1.54, 1.807) is 11.1 Å². The van der Waals surface area contributed by atoms with E-state index in [9.17, 15) is 0 Å². The zero-order valence-electron chi connectivity index (χ0n) is 28.9. The maximum atomic E-state index is 2.52. The number of anilines is 3. The van der Waals surface area contributed by atoms with Crippen LogP contribution in [0.5, 0.6) is 0 Å². The Labute approximate surface area is 301 Å².